The highest BCUT2D eigenvalue weighted by atomic mass is 19.1. The van der Waals surface area contributed by atoms with E-state index in [1.807, 2.05) is 30.1 Å². The molecule has 0 amide bonds. The predicted molar refractivity (Wildman–Crippen MR) is 61.3 cm³/mol. The maximum atomic E-state index is 12.0. The van der Waals surface area contributed by atoms with E-state index in [-0.39, 0.29) is 12.5 Å². The zero-order valence-electron chi connectivity index (χ0n) is 8.83. The van der Waals surface area contributed by atoms with Crippen molar-refractivity contribution in [2.45, 2.75) is 6.42 Å². The Labute approximate surface area is 89.2 Å². The van der Waals surface area contributed by atoms with Crippen LogP contribution in [0.5, 0.6) is 0 Å². The van der Waals surface area contributed by atoms with E-state index in [0.29, 0.717) is 18.5 Å². The fraction of sp³-hybridized carbons (Fsp3) is 0.364. The molecular weight excluding hydrogens is 193 g/mol. The van der Waals surface area contributed by atoms with E-state index in [1.165, 1.54) is 0 Å². The molecular formula is C11H16FN3. The molecule has 0 aliphatic rings. The Balaban J connectivity index is 2.76. The summed E-state index contributed by atoms with van der Waals surface area (Å²) < 4.78 is 12.0. The Morgan fingerprint density at radius 3 is 2.87 bits per heavy atom. The normalized spacial score (nSPS) is 10.0. The summed E-state index contributed by atoms with van der Waals surface area (Å²) in [6.07, 6.45) is 0.515. The summed E-state index contributed by atoms with van der Waals surface area (Å²) in [4.78, 5) is 1.95. The first kappa shape index (κ1) is 11.5. The monoisotopic (exact) mass is 209 g/mol. The van der Waals surface area contributed by atoms with Crippen molar-refractivity contribution in [1.29, 1.82) is 5.41 Å². The number of halogens is 1. The Morgan fingerprint density at radius 2 is 2.27 bits per heavy atom. The molecule has 0 saturated carbocycles. The van der Waals surface area contributed by atoms with Crippen molar-refractivity contribution in [3.8, 4) is 0 Å². The number of alkyl halides is 1. The van der Waals surface area contributed by atoms with Gasteiger partial charge in [0.15, 0.2) is 0 Å². The summed E-state index contributed by atoms with van der Waals surface area (Å²) in [6, 6.07) is 7.39. The predicted octanol–water partition coefficient (Wildman–Crippen LogP) is 1.77. The minimum Gasteiger partial charge on any atom is -0.384 e. The van der Waals surface area contributed by atoms with Gasteiger partial charge in [0.25, 0.3) is 0 Å². The molecule has 0 unspecified atom stereocenters. The first-order valence-corrected chi connectivity index (χ1v) is 4.86. The maximum Gasteiger partial charge on any atom is 0.122 e. The van der Waals surface area contributed by atoms with E-state index in [1.54, 1.807) is 6.07 Å². The van der Waals surface area contributed by atoms with Crippen molar-refractivity contribution in [3.05, 3.63) is 29.8 Å². The van der Waals surface area contributed by atoms with E-state index < -0.39 is 0 Å². The Hall–Kier alpha value is -1.58. The van der Waals surface area contributed by atoms with E-state index in [2.05, 4.69) is 0 Å². The van der Waals surface area contributed by atoms with Gasteiger partial charge in [0.2, 0.25) is 0 Å². The number of nitrogen functional groups attached to an aromatic ring is 1. The highest BCUT2D eigenvalue weighted by Crippen LogP contribution is 2.14. The molecule has 0 radical (unpaired) electrons. The van der Waals surface area contributed by atoms with Gasteiger partial charge in [-0.3, -0.25) is 9.80 Å². The van der Waals surface area contributed by atoms with Gasteiger partial charge in [-0.15, -0.1) is 0 Å². The molecule has 1 aromatic rings. The van der Waals surface area contributed by atoms with Crippen LogP contribution >= 0.6 is 0 Å². The van der Waals surface area contributed by atoms with Gasteiger partial charge in [-0.2, -0.15) is 0 Å². The summed E-state index contributed by atoms with van der Waals surface area (Å²) in [5.74, 6) is 0.0516. The summed E-state index contributed by atoms with van der Waals surface area (Å²) in [5, 5.41) is 7.31. The van der Waals surface area contributed by atoms with E-state index in [9.17, 15) is 4.39 Å². The van der Waals surface area contributed by atoms with Crippen LogP contribution in [-0.2, 0) is 0 Å². The van der Waals surface area contributed by atoms with Crippen molar-refractivity contribution in [2.75, 3.05) is 25.2 Å². The van der Waals surface area contributed by atoms with E-state index >= 15 is 0 Å². The van der Waals surface area contributed by atoms with Crippen LogP contribution in [0, 0.1) is 5.41 Å². The highest BCUT2D eigenvalue weighted by Gasteiger charge is 2.02. The number of rotatable bonds is 5. The second-order valence-electron chi connectivity index (χ2n) is 3.43. The van der Waals surface area contributed by atoms with Gasteiger partial charge < -0.3 is 10.6 Å². The molecule has 1 aromatic carbocycles. The number of hydrogen-bond donors (Lipinski definition) is 2. The molecule has 0 atom stereocenters. The summed E-state index contributed by atoms with van der Waals surface area (Å²) >= 11 is 0. The average molecular weight is 209 g/mol. The van der Waals surface area contributed by atoms with Crippen LogP contribution in [0.25, 0.3) is 0 Å². The minimum absolute atomic E-state index is 0.0516. The molecule has 0 saturated heterocycles. The Kier molecular flexibility index (Phi) is 4.09. The molecule has 82 valence electrons. The van der Waals surface area contributed by atoms with Crippen molar-refractivity contribution in [2.24, 2.45) is 5.73 Å². The fourth-order valence-electron chi connectivity index (χ4n) is 1.34. The number of nitrogens with two attached hydrogens (primary N) is 1. The van der Waals surface area contributed by atoms with Gasteiger partial charge in [0.05, 0.1) is 6.67 Å². The topological polar surface area (TPSA) is 53.1 Å². The first-order chi connectivity index (χ1) is 7.15. The molecule has 0 bridgehead atoms. The van der Waals surface area contributed by atoms with Gasteiger partial charge in [-0.05, 0) is 18.6 Å². The van der Waals surface area contributed by atoms with Crippen molar-refractivity contribution in [1.82, 2.24) is 0 Å². The summed E-state index contributed by atoms with van der Waals surface area (Å²) in [6.45, 7) is 0.356. The molecule has 0 aliphatic carbocycles. The lowest BCUT2D eigenvalue weighted by Crippen LogP contribution is -2.20. The van der Waals surface area contributed by atoms with Crippen LogP contribution in [0.4, 0.5) is 10.1 Å². The van der Waals surface area contributed by atoms with Gasteiger partial charge in [0.1, 0.15) is 5.84 Å². The van der Waals surface area contributed by atoms with Gasteiger partial charge >= 0.3 is 0 Å². The molecule has 0 fully saturated rings. The number of amidine groups is 1. The molecule has 15 heavy (non-hydrogen) atoms. The quantitative estimate of drug-likeness (QED) is 0.573. The molecule has 3 nitrogen and oxygen atoms in total. The fourth-order valence-corrected chi connectivity index (χ4v) is 1.34. The third kappa shape index (κ3) is 3.23. The summed E-state index contributed by atoms with van der Waals surface area (Å²) in [5.41, 5.74) is 7.04. The van der Waals surface area contributed by atoms with Crippen LogP contribution in [0.2, 0.25) is 0 Å². The van der Waals surface area contributed by atoms with Gasteiger partial charge in [-0.25, -0.2) is 0 Å². The molecule has 0 heterocycles. The third-order valence-corrected chi connectivity index (χ3v) is 2.23. The van der Waals surface area contributed by atoms with E-state index in [4.69, 9.17) is 11.1 Å². The molecule has 0 aromatic heterocycles. The second-order valence-corrected chi connectivity index (χ2v) is 3.43. The van der Waals surface area contributed by atoms with Gasteiger partial charge in [0, 0.05) is 24.8 Å². The van der Waals surface area contributed by atoms with Crippen LogP contribution < -0.4 is 10.6 Å². The van der Waals surface area contributed by atoms with Crippen LogP contribution in [0.15, 0.2) is 24.3 Å². The lowest BCUT2D eigenvalue weighted by atomic mass is 10.1. The van der Waals surface area contributed by atoms with Crippen molar-refractivity contribution < 1.29 is 4.39 Å². The lowest BCUT2D eigenvalue weighted by Gasteiger charge is -2.19. The van der Waals surface area contributed by atoms with Crippen LogP contribution in [0.3, 0.4) is 0 Å². The minimum atomic E-state index is -0.309. The number of benzene rings is 1. The SMILES string of the molecule is CN(CCCF)c1cccc(C(=N)N)c1. The Bertz CT molecular complexity index is 338. The van der Waals surface area contributed by atoms with Gasteiger partial charge in [-0.1, -0.05) is 12.1 Å². The molecule has 1 rings (SSSR count). The number of nitrogens with zero attached hydrogens (tertiary/aromatic N) is 1. The number of nitrogens with one attached hydrogen (secondary N) is 1. The number of hydrogen-bond acceptors (Lipinski definition) is 2. The Morgan fingerprint density at radius 1 is 1.53 bits per heavy atom. The lowest BCUT2D eigenvalue weighted by molar-refractivity contribution is 0.474. The molecule has 3 N–H and O–H groups in total. The molecule has 0 spiro atoms. The molecule has 4 heteroatoms. The van der Waals surface area contributed by atoms with Crippen molar-refractivity contribution >= 4 is 11.5 Å². The third-order valence-electron chi connectivity index (χ3n) is 2.23. The van der Waals surface area contributed by atoms with Crippen molar-refractivity contribution in [3.63, 3.8) is 0 Å². The van der Waals surface area contributed by atoms with E-state index in [0.717, 1.165) is 5.69 Å². The standard InChI is InChI=1S/C11H16FN3/c1-15(7-3-6-12)10-5-2-4-9(8-10)11(13)14/h2,4-5,8H,3,6-7H2,1H3,(H3,13,14). The van der Waals surface area contributed by atoms with Crippen LogP contribution in [-0.4, -0.2) is 26.1 Å². The second kappa shape index (κ2) is 5.34. The largest absolute Gasteiger partial charge is 0.384 e. The zero-order chi connectivity index (χ0) is 11.3. The maximum absolute atomic E-state index is 12.0. The smallest absolute Gasteiger partial charge is 0.122 e. The average Bonchev–Trinajstić information content (AvgIpc) is 2.26. The molecule has 0 aliphatic heterocycles. The zero-order valence-corrected chi connectivity index (χ0v) is 8.83. The highest BCUT2D eigenvalue weighted by molar-refractivity contribution is 5.95. The first-order valence-electron chi connectivity index (χ1n) is 4.86. The van der Waals surface area contributed by atoms with Crippen LogP contribution in [0.1, 0.15) is 12.0 Å². The number of anilines is 1. The summed E-state index contributed by atoms with van der Waals surface area (Å²) in [7, 11) is 1.90.